The van der Waals surface area contributed by atoms with Crippen LogP contribution in [-0.4, -0.2) is 0 Å². The zero-order valence-corrected chi connectivity index (χ0v) is 39.9. The monoisotopic (exact) mass is 897 g/mol. The van der Waals surface area contributed by atoms with Crippen LogP contribution >= 0.6 is 11.3 Å². The number of hydrogen-bond donors (Lipinski definition) is 0. The Balaban J connectivity index is 1.11. The van der Waals surface area contributed by atoms with Crippen LogP contribution in [0.25, 0.3) is 75.8 Å². The lowest BCUT2D eigenvalue weighted by Gasteiger charge is -2.33. The summed E-state index contributed by atoms with van der Waals surface area (Å²) in [5.41, 5.74) is 26.6. The van der Waals surface area contributed by atoms with Crippen LogP contribution in [0, 0.1) is 0 Å². The third kappa shape index (κ3) is 4.99. The van der Waals surface area contributed by atoms with Crippen LogP contribution < -0.4 is 4.90 Å². The van der Waals surface area contributed by atoms with Crippen molar-refractivity contribution in [3.8, 4) is 55.6 Å². The fourth-order valence-corrected chi connectivity index (χ4v) is 14.7. The molecule has 11 aromatic rings. The molecule has 0 fully saturated rings. The molecule has 0 aliphatic heterocycles. The molecule has 1 aromatic heterocycles. The summed E-state index contributed by atoms with van der Waals surface area (Å²) in [6, 6.07) is 81.3. The van der Waals surface area contributed by atoms with Crippen molar-refractivity contribution in [3.05, 3.63) is 257 Å². The van der Waals surface area contributed by atoms with Gasteiger partial charge >= 0.3 is 0 Å². The van der Waals surface area contributed by atoms with E-state index in [1.54, 1.807) is 0 Å². The van der Waals surface area contributed by atoms with Gasteiger partial charge in [0.2, 0.25) is 0 Å². The van der Waals surface area contributed by atoms with Crippen molar-refractivity contribution in [1.82, 2.24) is 0 Å². The summed E-state index contributed by atoms with van der Waals surface area (Å²) in [7, 11) is 0. The van der Waals surface area contributed by atoms with Crippen LogP contribution in [0.1, 0.15) is 72.2 Å². The van der Waals surface area contributed by atoms with Gasteiger partial charge in [0.05, 0.1) is 11.1 Å². The van der Waals surface area contributed by atoms with E-state index in [1.165, 1.54) is 137 Å². The van der Waals surface area contributed by atoms with Gasteiger partial charge in [0, 0.05) is 47.9 Å². The minimum atomic E-state index is -0.559. The number of hydrogen-bond acceptors (Lipinski definition) is 2. The van der Waals surface area contributed by atoms with Crippen LogP contribution in [0.2, 0.25) is 0 Å². The highest BCUT2D eigenvalue weighted by atomic mass is 32.1. The third-order valence-electron chi connectivity index (χ3n) is 16.7. The van der Waals surface area contributed by atoms with E-state index in [4.69, 9.17) is 0 Å². The first kappa shape index (κ1) is 39.2. The molecule has 0 amide bonds. The highest BCUT2D eigenvalue weighted by Gasteiger charge is 2.53. The van der Waals surface area contributed by atoms with E-state index in [9.17, 15) is 0 Å². The van der Waals surface area contributed by atoms with Crippen molar-refractivity contribution >= 4 is 48.6 Å². The summed E-state index contributed by atoms with van der Waals surface area (Å²) in [5, 5.41) is 2.59. The molecule has 326 valence electrons. The molecule has 1 nitrogen and oxygen atoms in total. The molecule has 4 aliphatic rings. The SMILES string of the molecule is CC1(C)c2ccccc2-c2ccc(N(c3ccc4c(c3)C(C)(C)c3ccccc3-4)c3c4c(cc5sc6ccccc6c35)C3(c5ccccc5-c5ccccc53)c3cc(-c5ccccc5)ccc3-4)cc21. The number of rotatable bonds is 4. The maximum atomic E-state index is 2.68. The quantitative estimate of drug-likeness (QED) is 0.170. The molecular formula is C67H47NS. The maximum absolute atomic E-state index is 2.68. The summed E-state index contributed by atoms with van der Waals surface area (Å²) in [4.78, 5) is 2.68. The van der Waals surface area contributed by atoms with Gasteiger partial charge in [-0.15, -0.1) is 11.3 Å². The smallest absolute Gasteiger partial charge is 0.0727 e. The molecule has 0 atom stereocenters. The van der Waals surface area contributed by atoms with Crippen molar-refractivity contribution < 1.29 is 0 Å². The van der Waals surface area contributed by atoms with Crippen molar-refractivity contribution in [2.75, 3.05) is 4.90 Å². The zero-order chi connectivity index (χ0) is 46.0. The largest absolute Gasteiger partial charge is 0.309 e. The summed E-state index contributed by atoms with van der Waals surface area (Å²) in [6.45, 7) is 9.63. The predicted molar refractivity (Wildman–Crippen MR) is 291 cm³/mol. The molecule has 15 rings (SSSR count). The molecule has 0 bridgehead atoms. The fraction of sp³-hybridized carbons (Fsp3) is 0.104. The number of nitrogens with zero attached hydrogens (tertiary/aromatic N) is 1. The van der Waals surface area contributed by atoms with E-state index in [0.29, 0.717) is 0 Å². The molecule has 0 saturated heterocycles. The van der Waals surface area contributed by atoms with Crippen LogP contribution in [-0.2, 0) is 16.2 Å². The molecule has 10 aromatic carbocycles. The van der Waals surface area contributed by atoms with E-state index in [2.05, 4.69) is 245 Å². The Labute approximate surface area is 407 Å². The first-order chi connectivity index (χ1) is 33.7. The van der Waals surface area contributed by atoms with Crippen LogP contribution in [0.4, 0.5) is 17.1 Å². The molecular weight excluding hydrogens is 851 g/mol. The van der Waals surface area contributed by atoms with Gasteiger partial charge in [-0.3, -0.25) is 0 Å². The van der Waals surface area contributed by atoms with E-state index in [-0.39, 0.29) is 10.8 Å². The normalized spacial score (nSPS) is 15.3. The highest BCUT2D eigenvalue weighted by Crippen LogP contribution is 2.67. The second kappa shape index (κ2) is 13.7. The average molecular weight is 898 g/mol. The molecule has 0 N–H and O–H groups in total. The molecule has 1 spiro atoms. The standard InChI is InChI=1S/C67H47NS/c1-65(2)52-25-13-8-20-44(52)48-34-31-42(37-56(48)65)68(43-32-35-49-45-21-9-14-26-53(45)66(3,4)57(49)38-43)64-62-50-33-30-41(40-18-6-5-7-19-40)36-58(50)67(54-27-15-10-22-46(54)47-23-11-16-28-55(47)67)59(62)39-61-63(64)51-24-12-17-29-60(51)69-61/h5-39H,1-4H3. The van der Waals surface area contributed by atoms with E-state index in [0.717, 1.165) is 0 Å². The predicted octanol–water partition coefficient (Wildman–Crippen LogP) is 18.1. The number of anilines is 3. The zero-order valence-electron chi connectivity index (χ0n) is 39.1. The van der Waals surface area contributed by atoms with Gasteiger partial charge in [-0.05, 0) is 137 Å². The number of thiophene rings is 1. The van der Waals surface area contributed by atoms with Crippen LogP contribution in [0.3, 0.4) is 0 Å². The van der Waals surface area contributed by atoms with E-state index >= 15 is 0 Å². The lowest BCUT2D eigenvalue weighted by Crippen LogP contribution is -2.26. The lowest BCUT2D eigenvalue weighted by molar-refractivity contribution is 0.660. The Morgan fingerprint density at radius 1 is 0.333 bits per heavy atom. The fourth-order valence-electron chi connectivity index (χ4n) is 13.6. The lowest BCUT2D eigenvalue weighted by atomic mass is 9.70. The van der Waals surface area contributed by atoms with Crippen LogP contribution in [0.5, 0.6) is 0 Å². The first-order valence-corrected chi connectivity index (χ1v) is 25.2. The topological polar surface area (TPSA) is 3.24 Å². The van der Waals surface area contributed by atoms with Crippen molar-refractivity contribution in [2.24, 2.45) is 0 Å². The van der Waals surface area contributed by atoms with Gasteiger partial charge in [-0.2, -0.15) is 0 Å². The second-order valence-electron chi connectivity index (χ2n) is 20.7. The molecule has 0 saturated carbocycles. The summed E-state index contributed by atoms with van der Waals surface area (Å²) in [6.07, 6.45) is 0. The number of fused-ring (bicyclic) bond motifs is 19. The summed E-state index contributed by atoms with van der Waals surface area (Å²) >= 11 is 1.93. The minimum absolute atomic E-state index is 0.181. The number of benzene rings is 10. The molecule has 0 radical (unpaired) electrons. The van der Waals surface area contributed by atoms with Crippen molar-refractivity contribution in [2.45, 2.75) is 43.9 Å². The van der Waals surface area contributed by atoms with Crippen molar-refractivity contribution in [1.29, 1.82) is 0 Å². The first-order valence-electron chi connectivity index (χ1n) is 24.4. The van der Waals surface area contributed by atoms with Gasteiger partial charge < -0.3 is 4.90 Å². The molecule has 69 heavy (non-hydrogen) atoms. The Morgan fingerprint density at radius 2 is 0.812 bits per heavy atom. The Hall–Kier alpha value is -7.78. The summed E-state index contributed by atoms with van der Waals surface area (Å²) in [5.74, 6) is 0. The maximum Gasteiger partial charge on any atom is 0.0727 e. The second-order valence-corrected chi connectivity index (χ2v) is 21.8. The molecule has 1 heterocycles. The van der Waals surface area contributed by atoms with Gasteiger partial charge in [0.25, 0.3) is 0 Å². The van der Waals surface area contributed by atoms with Crippen molar-refractivity contribution in [3.63, 3.8) is 0 Å². The van der Waals surface area contributed by atoms with E-state index in [1.807, 2.05) is 11.3 Å². The molecule has 0 unspecified atom stereocenters. The highest BCUT2D eigenvalue weighted by molar-refractivity contribution is 7.26. The van der Waals surface area contributed by atoms with E-state index < -0.39 is 5.41 Å². The van der Waals surface area contributed by atoms with Gasteiger partial charge in [0.1, 0.15) is 0 Å². The van der Waals surface area contributed by atoms with Crippen LogP contribution in [0.15, 0.2) is 212 Å². The molecule has 2 heteroatoms. The Morgan fingerprint density at radius 3 is 1.41 bits per heavy atom. The van der Waals surface area contributed by atoms with Gasteiger partial charge in [0.15, 0.2) is 0 Å². The Kier molecular flexibility index (Phi) is 7.78. The summed E-state index contributed by atoms with van der Waals surface area (Å²) < 4.78 is 2.60. The Bertz CT molecular complexity index is 3880. The third-order valence-corrected chi connectivity index (χ3v) is 17.8. The average Bonchev–Trinajstić information content (AvgIpc) is 4.13. The minimum Gasteiger partial charge on any atom is -0.309 e. The van der Waals surface area contributed by atoms with Gasteiger partial charge in [-0.25, -0.2) is 0 Å². The van der Waals surface area contributed by atoms with Gasteiger partial charge in [-0.1, -0.05) is 198 Å². The molecule has 4 aliphatic carbocycles.